The minimum absolute atomic E-state index is 0.0446. The fourth-order valence-electron chi connectivity index (χ4n) is 1.84. The molecule has 0 saturated heterocycles. The Morgan fingerprint density at radius 2 is 1.80 bits per heavy atom. The molecular formula is C14H10Cl2F3N3O3. The highest BCUT2D eigenvalue weighted by Gasteiger charge is 2.34. The highest BCUT2D eigenvalue weighted by atomic mass is 35.5. The van der Waals surface area contributed by atoms with Gasteiger partial charge in [-0.2, -0.15) is 18.2 Å². The first-order chi connectivity index (χ1) is 11.7. The molecule has 25 heavy (non-hydrogen) atoms. The molecule has 0 aliphatic carbocycles. The first-order valence-electron chi connectivity index (χ1n) is 6.75. The lowest BCUT2D eigenvalue weighted by Gasteiger charge is -2.11. The number of alkyl halides is 3. The lowest BCUT2D eigenvalue weighted by molar-refractivity contribution is -0.143. The van der Waals surface area contributed by atoms with Crippen LogP contribution in [-0.2, 0) is 23.8 Å². The van der Waals surface area contributed by atoms with Crippen molar-refractivity contribution in [2.45, 2.75) is 19.0 Å². The monoisotopic (exact) mass is 395 g/mol. The molecule has 0 radical (unpaired) electrons. The van der Waals surface area contributed by atoms with Gasteiger partial charge in [0.25, 0.3) is 0 Å². The van der Waals surface area contributed by atoms with Crippen LogP contribution in [0.2, 0.25) is 10.0 Å². The molecule has 2 aromatic heterocycles. The molecular weight excluding hydrogens is 386 g/mol. The van der Waals surface area contributed by atoms with Crippen molar-refractivity contribution in [3.8, 4) is 5.88 Å². The number of esters is 1. The largest absolute Gasteiger partial charge is 0.433 e. The number of hydrogen-bond acceptors (Lipinski definition) is 6. The van der Waals surface area contributed by atoms with Crippen LogP contribution in [0, 0.1) is 0 Å². The number of halogens is 5. The first kappa shape index (κ1) is 19.4. The Kier molecular flexibility index (Phi) is 6.15. The van der Waals surface area contributed by atoms with Crippen molar-refractivity contribution in [1.29, 1.82) is 0 Å². The molecule has 134 valence electrons. The molecule has 0 amide bonds. The average Bonchev–Trinajstić information content (AvgIpc) is 2.53. The number of aliphatic hydroxyl groups excluding tert-OH is 1. The molecule has 2 rings (SSSR count). The first-order valence-corrected chi connectivity index (χ1v) is 7.51. The minimum atomic E-state index is -4.76. The van der Waals surface area contributed by atoms with Crippen LogP contribution in [0.3, 0.4) is 0 Å². The summed E-state index contributed by atoms with van der Waals surface area (Å²) in [6, 6.07) is 0.476. The van der Waals surface area contributed by atoms with E-state index < -0.39 is 30.3 Å². The molecule has 1 N–H and O–H groups in total. The predicted octanol–water partition coefficient (Wildman–Crippen LogP) is 2.88. The van der Waals surface area contributed by atoms with E-state index in [0.717, 1.165) is 0 Å². The molecule has 0 saturated carbocycles. The zero-order valence-electron chi connectivity index (χ0n) is 12.3. The van der Waals surface area contributed by atoms with Crippen LogP contribution in [-0.4, -0.2) is 32.6 Å². The van der Waals surface area contributed by atoms with Gasteiger partial charge in [-0.3, -0.25) is 4.98 Å². The van der Waals surface area contributed by atoms with Crippen molar-refractivity contribution in [3.63, 3.8) is 0 Å². The van der Waals surface area contributed by atoms with Gasteiger partial charge in [0.1, 0.15) is 12.4 Å². The summed E-state index contributed by atoms with van der Waals surface area (Å²) in [6.45, 7) is -0.997. The summed E-state index contributed by atoms with van der Waals surface area (Å²) in [5, 5.41) is 9.14. The average molecular weight is 396 g/mol. The smallest absolute Gasteiger partial charge is 0.406 e. The molecule has 0 aromatic carbocycles. The summed E-state index contributed by atoms with van der Waals surface area (Å²) in [6.07, 6.45) is -1.95. The van der Waals surface area contributed by atoms with Crippen LogP contribution in [0.4, 0.5) is 13.2 Å². The summed E-state index contributed by atoms with van der Waals surface area (Å²) in [7, 11) is 0. The van der Waals surface area contributed by atoms with E-state index in [4.69, 9.17) is 28.3 Å². The maximum atomic E-state index is 12.9. The van der Waals surface area contributed by atoms with E-state index in [9.17, 15) is 18.0 Å². The van der Waals surface area contributed by atoms with E-state index in [1.165, 1.54) is 12.4 Å². The van der Waals surface area contributed by atoms with E-state index >= 15 is 0 Å². The molecule has 0 spiro atoms. The quantitative estimate of drug-likeness (QED) is 0.783. The van der Waals surface area contributed by atoms with Crippen LogP contribution in [0.1, 0.15) is 17.1 Å². The van der Waals surface area contributed by atoms with Crippen molar-refractivity contribution in [2.24, 2.45) is 0 Å². The second-order valence-electron chi connectivity index (χ2n) is 4.72. The van der Waals surface area contributed by atoms with Gasteiger partial charge in [0.05, 0.1) is 10.0 Å². The highest BCUT2D eigenvalue weighted by Crippen LogP contribution is 2.30. The van der Waals surface area contributed by atoms with Gasteiger partial charge in [0, 0.05) is 24.9 Å². The number of rotatable bonds is 5. The zero-order chi connectivity index (χ0) is 18.6. The SMILES string of the molecule is O=C(CO)Oc1cc(C(F)(F)F)nc(CCc2c(Cl)cncc2Cl)n1. The Morgan fingerprint density at radius 1 is 1.16 bits per heavy atom. The van der Waals surface area contributed by atoms with Crippen LogP contribution < -0.4 is 4.74 Å². The van der Waals surface area contributed by atoms with Gasteiger partial charge in [-0.05, 0) is 12.0 Å². The van der Waals surface area contributed by atoms with Gasteiger partial charge in [-0.25, -0.2) is 9.78 Å². The molecule has 6 nitrogen and oxygen atoms in total. The van der Waals surface area contributed by atoms with Gasteiger partial charge in [0.15, 0.2) is 5.69 Å². The molecule has 0 bridgehead atoms. The number of pyridine rings is 1. The lowest BCUT2D eigenvalue weighted by Crippen LogP contribution is -2.17. The van der Waals surface area contributed by atoms with Crippen LogP contribution in [0.15, 0.2) is 18.5 Å². The van der Waals surface area contributed by atoms with Crippen molar-refractivity contribution in [1.82, 2.24) is 15.0 Å². The minimum Gasteiger partial charge on any atom is -0.406 e. The Labute approximate surface area is 149 Å². The Hall–Kier alpha value is -1.97. The zero-order valence-corrected chi connectivity index (χ0v) is 13.9. The van der Waals surface area contributed by atoms with Crippen LogP contribution in [0.5, 0.6) is 5.88 Å². The summed E-state index contributed by atoms with van der Waals surface area (Å²) < 4.78 is 43.3. The highest BCUT2D eigenvalue weighted by molar-refractivity contribution is 6.35. The lowest BCUT2D eigenvalue weighted by atomic mass is 10.1. The summed E-state index contributed by atoms with van der Waals surface area (Å²) in [4.78, 5) is 22.0. The Balaban J connectivity index is 2.29. The van der Waals surface area contributed by atoms with E-state index in [2.05, 4.69) is 19.7 Å². The molecule has 0 aliphatic rings. The number of aromatic nitrogens is 3. The number of carbonyl (C=O) groups excluding carboxylic acids is 1. The van der Waals surface area contributed by atoms with Crippen molar-refractivity contribution in [3.05, 3.63) is 45.6 Å². The standard InChI is InChI=1S/C14H10Cl2F3N3O3/c15-8-4-20-5-9(16)7(8)1-2-11-21-10(14(17,18)19)3-12(22-11)25-13(24)6-23/h3-5,23H,1-2,6H2. The molecule has 0 unspecified atom stereocenters. The van der Waals surface area contributed by atoms with Gasteiger partial charge in [0.2, 0.25) is 5.88 Å². The topological polar surface area (TPSA) is 85.2 Å². The third-order valence-corrected chi connectivity index (χ3v) is 3.59. The maximum Gasteiger partial charge on any atom is 0.433 e. The number of carbonyl (C=O) groups is 1. The summed E-state index contributed by atoms with van der Waals surface area (Å²) in [5.41, 5.74) is -0.793. The fourth-order valence-corrected chi connectivity index (χ4v) is 2.40. The second-order valence-corrected chi connectivity index (χ2v) is 5.53. The van der Waals surface area contributed by atoms with Crippen molar-refractivity contribution in [2.75, 3.05) is 6.61 Å². The molecule has 0 atom stereocenters. The van der Waals surface area contributed by atoms with Crippen LogP contribution in [0.25, 0.3) is 0 Å². The fraction of sp³-hybridized carbons (Fsp3) is 0.286. The van der Waals surface area contributed by atoms with Gasteiger partial charge < -0.3 is 9.84 Å². The van der Waals surface area contributed by atoms with Gasteiger partial charge in [-0.15, -0.1) is 0 Å². The number of aliphatic hydroxyl groups is 1. The number of nitrogens with zero attached hydrogens (tertiary/aromatic N) is 3. The van der Waals surface area contributed by atoms with Crippen molar-refractivity contribution < 1.29 is 27.8 Å². The molecule has 11 heteroatoms. The number of aryl methyl sites for hydroxylation is 1. The summed E-state index contributed by atoms with van der Waals surface area (Å²) >= 11 is 11.9. The Morgan fingerprint density at radius 3 is 2.36 bits per heavy atom. The second kappa shape index (κ2) is 7.94. The maximum absolute atomic E-state index is 12.9. The third kappa shape index (κ3) is 5.25. The molecule has 0 fully saturated rings. The van der Waals surface area contributed by atoms with Crippen LogP contribution >= 0.6 is 23.2 Å². The number of hydrogen-bond donors (Lipinski definition) is 1. The van der Waals surface area contributed by atoms with Gasteiger partial charge in [-0.1, -0.05) is 23.2 Å². The predicted molar refractivity (Wildman–Crippen MR) is 81.4 cm³/mol. The Bertz CT molecular complexity index is 767. The van der Waals surface area contributed by atoms with Gasteiger partial charge >= 0.3 is 12.1 Å². The molecule has 2 aromatic rings. The summed E-state index contributed by atoms with van der Waals surface area (Å²) in [5.74, 6) is -1.97. The van der Waals surface area contributed by atoms with E-state index in [1.807, 2.05) is 0 Å². The molecule has 2 heterocycles. The van der Waals surface area contributed by atoms with E-state index in [1.54, 1.807) is 0 Å². The third-order valence-electron chi connectivity index (χ3n) is 2.94. The molecule has 0 aliphatic heterocycles. The van der Waals surface area contributed by atoms with E-state index in [0.29, 0.717) is 11.6 Å². The van der Waals surface area contributed by atoms with E-state index in [-0.39, 0.29) is 28.7 Å². The van der Waals surface area contributed by atoms with Crippen molar-refractivity contribution >= 4 is 29.2 Å². The number of ether oxygens (including phenoxy) is 1. The normalized spacial score (nSPS) is 11.4.